The number of imidazole rings is 1. The second-order valence-electron chi connectivity index (χ2n) is 7.65. The van der Waals surface area contributed by atoms with Gasteiger partial charge in [-0.1, -0.05) is 19.3 Å². The summed E-state index contributed by atoms with van der Waals surface area (Å²) in [7, 11) is 3.41. The van der Waals surface area contributed by atoms with Crippen molar-refractivity contribution in [2.45, 2.75) is 38.1 Å². The zero-order valence-electron chi connectivity index (χ0n) is 16.6. The minimum atomic E-state index is 0.0134. The Balaban J connectivity index is 1.75. The molecule has 7 heteroatoms. The van der Waals surface area contributed by atoms with Gasteiger partial charge in [0.15, 0.2) is 0 Å². The second-order valence-corrected chi connectivity index (χ2v) is 7.65. The molecule has 29 heavy (non-hydrogen) atoms. The summed E-state index contributed by atoms with van der Waals surface area (Å²) < 4.78 is 8.80. The number of nitrogens with zero attached hydrogens (tertiary/aromatic N) is 5. The van der Waals surface area contributed by atoms with E-state index < -0.39 is 0 Å². The van der Waals surface area contributed by atoms with E-state index in [2.05, 4.69) is 9.97 Å². The number of rotatable bonds is 3. The Labute approximate surface area is 168 Å². The van der Waals surface area contributed by atoms with Gasteiger partial charge < -0.3 is 4.74 Å². The number of aromatic nitrogens is 5. The van der Waals surface area contributed by atoms with Crippen LogP contribution < -0.4 is 10.4 Å². The molecule has 0 unspecified atom stereocenters. The maximum absolute atomic E-state index is 13.1. The Hall–Kier alpha value is -3.22. The molecule has 0 radical (unpaired) electrons. The highest BCUT2D eigenvalue weighted by Crippen LogP contribution is 2.32. The summed E-state index contributed by atoms with van der Waals surface area (Å²) in [4.78, 5) is 26.9. The van der Waals surface area contributed by atoms with Crippen LogP contribution in [0.2, 0.25) is 0 Å². The number of ether oxygens (including phenoxy) is 1. The van der Waals surface area contributed by atoms with E-state index in [0.717, 1.165) is 59.0 Å². The summed E-state index contributed by atoms with van der Waals surface area (Å²) in [5.41, 5.74) is 4.97. The quantitative estimate of drug-likeness (QED) is 0.532. The average molecular weight is 389 g/mol. The number of hydrogen-bond donors (Lipinski definition) is 0. The molecule has 4 aromatic rings. The normalized spacial score (nSPS) is 15.2. The van der Waals surface area contributed by atoms with Crippen molar-refractivity contribution < 1.29 is 4.74 Å². The fourth-order valence-corrected chi connectivity index (χ4v) is 4.38. The van der Waals surface area contributed by atoms with Gasteiger partial charge in [0.05, 0.1) is 35.6 Å². The zero-order valence-corrected chi connectivity index (χ0v) is 16.6. The number of methoxy groups -OCH3 is 1. The third kappa shape index (κ3) is 2.88. The molecule has 0 aromatic carbocycles. The fourth-order valence-electron chi connectivity index (χ4n) is 4.38. The van der Waals surface area contributed by atoms with Gasteiger partial charge in [0.1, 0.15) is 5.52 Å². The minimum Gasteiger partial charge on any atom is -0.481 e. The monoisotopic (exact) mass is 389 g/mol. The summed E-state index contributed by atoms with van der Waals surface area (Å²) in [6.07, 6.45) is 9.16. The Morgan fingerprint density at radius 2 is 1.86 bits per heavy atom. The van der Waals surface area contributed by atoms with Gasteiger partial charge in [0.25, 0.3) is 0 Å². The van der Waals surface area contributed by atoms with Crippen LogP contribution in [0, 0.1) is 0 Å². The van der Waals surface area contributed by atoms with Crippen LogP contribution in [0.5, 0.6) is 5.88 Å². The van der Waals surface area contributed by atoms with E-state index >= 15 is 0 Å². The van der Waals surface area contributed by atoms with E-state index in [1.165, 1.54) is 6.42 Å². The zero-order chi connectivity index (χ0) is 20.0. The lowest BCUT2D eigenvalue weighted by Gasteiger charge is -2.23. The first kappa shape index (κ1) is 17.8. The van der Waals surface area contributed by atoms with Crippen LogP contribution in [0.3, 0.4) is 0 Å². The summed E-state index contributed by atoms with van der Waals surface area (Å²) in [6, 6.07) is 7.88. The first-order valence-electron chi connectivity index (χ1n) is 10.0. The number of fused-ring (bicyclic) bond motifs is 3. The van der Waals surface area contributed by atoms with Crippen molar-refractivity contribution in [1.29, 1.82) is 0 Å². The predicted octanol–water partition coefficient (Wildman–Crippen LogP) is 3.86. The smallest absolute Gasteiger partial charge is 0.329 e. The molecular formula is C22H23N5O2. The summed E-state index contributed by atoms with van der Waals surface area (Å²) in [6.45, 7) is 0. The van der Waals surface area contributed by atoms with Crippen LogP contribution in [-0.2, 0) is 7.05 Å². The summed E-state index contributed by atoms with van der Waals surface area (Å²) in [5.74, 6) is 0.563. The van der Waals surface area contributed by atoms with Gasteiger partial charge in [-0.25, -0.2) is 14.8 Å². The van der Waals surface area contributed by atoms with E-state index in [4.69, 9.17) is 9.72 Å². The molecule has 5 rings (SSSR count). The van der Waals surface area contributed by atoms with Crippen molar-refractivity contribution >= 4 is 22.1 Å². The predicted molar refractivity (Wildman–Crippen MR) is 112 cm³/mol. The lowest BCUT2D eigenvalue weighted by Crippen LogP contribution is -2.27. The lowest BCUT2D eigenvalue weighted by molar-refractivity contribution is 0.351. The highest BCUT2D eigenvalue weighted by molar-refractivity contribution is 6.00. The van der Waals surface area contributed by atoms with E-state index in [-0.39, 0.29) is 11.7 Å². The molecule has 1 aliphatic rings. The maximum atomic E-state index is 13.1. The first-order valence-corrected chi connectivity index (χ1v) is 10.0. The third-order valence-electron chi connectivity index (χ3n) is 5.94. The lowest BCUT2D eigenvalue weighted by atomic mass is 9.95. The van der Waals surface area contributed by atoms with Gasteiger partial charge in [-0.15, -0.1) is 0 Å². The van der Waals surface area contributed by atoms with Crippen molar-refractivity contribution in [2.75, 3.05) is 7.11 Å². The Morgan fingerprint density at radius 1 is 1.03 bits per heavy atom. The third-order valence-corrected chi connectivity index (χ3v) is 5.94. The molecule has 0 bridgehead atoms. The SMILES string of the molecule is COc1ccc(-c2ccc3ncc4c(c3n2)n(C2CCCCC2)c(=O)n4C)cn1. The highest BCUT2D eigenvalue weighted by atomic mass is 16.5. The van der Waals surface area contributed by atoms with Gasteiger partial charge in [0, 0.05) is 30.9 Å². The molecule has 4 heterocycles. The van der Waals surface area contributed by atoms with Crippen molar-refractivity contribution in [3.05, 3.63) is 47.1 Å². The van der Waals surface area contributed by atoms with E-state index in [0.29, 0.717) is 5.88 Å². The van der Waals surface area contributed by atoms with E-state index in [1.54, 1.807) is 24.1 Å². The Morgan fingerprint density at radius 3 is 2.59 bits per heavy atom. The summed E-state index contributed by atoms with van der Waals surface area (Å²) in [5, 5.41) is 0. The van der Waals surface area contributed by atoms with Crippen molar-refractivity contribution in [3.63, 3.8) is 0 Å². The molecule has 0 saturated heterocycles. The Bertz CT molecular complexity index is 1250. The average Bonchev–Trinajstić information content (AvgIpc) is 3.04. The Kier molecular flexibility index (Phi) is 4.30. The molecule has 1 fully saturated rings. The van der Waals surface area contributed by atoms with Crippen LogP contribution in [0.15, 0.2) is 41.5 Å². The highest BCUT2D eigenvalue weighted by Gasteiger charge is 2.23. The number of hydrogen-bond acceptors (Lipinski definition) is 5. The van der Waals surface area contributed by atoms with Crippen LogP contribution in [0.4, 0.5) is 0 Å². The van der Waals surface area contributed by atoms with Crippen molar-refractivity contribution in [1.82, 2.24) is 24.1 Å². The molecule has 1 saturated carbocycles. The molecule has 1 aliphatic carbocycles. The second kappa shape index (κ2) is 6.99. The van der Waals surface area contributed by atoms with Crippen LogP contribution in [0.25, 0.3) is 33.3 Å². The molecule has 4 aromatic heterocycles. The van der Waals surface area contributed by atoms with Gasteiger partial charge in [-0.05, 0) is 31.0 Å². The van der Waals surface area contributed by atoms with Gasteiger partial charge in [-0.3, -0.25) is 14.1 Å². The maximum Gasteiger partial charge on any atom is 0.329 e. The molecule has 0 N–H and O–H groups in total. The minimum absolute atomic E-state index is 0.0134. The molecule has 7 nitrogen and oxygen atoms in total. The largest absolute Gasteiger partial charge is 0.481 e. The number of pyridine rings is 3. The standard InChI is InChI=1S/C22H23N5O2/c1-26-18-13-23-17-10-9-16(14-8-11-19(29-2)24-12-14)25-20(17)21(18)27(22(26)28)15-6-4-3-5-7-15/h8-13,15H,3-7H2,1-2H3. The molecular weight excluding hydrogens is 366 g/mol. The first-order chi connectivity index (χ1) is 14.2. The van der Waals surface area contributed by atoms with Gasteiger partial charge in [-0.2, -0.15) is 0 Å². The van der Waals surface area contributed by atoms with Crippen LogP contribution in [0.1, 0.15) is 38.1 Å². The molecule has 148 valence electrons. The van der Waals surface area contributed by atoms with E-state index in [1.807, 2.05) is 35.9 Å². The van der Waals surface area contributed by atoms with E-state index in [9.17, 15) is 4.79 Å². The van der Waals surface area contributed by atoms with Gasteiger partial charge in [0.2, 0.25) is 5.88 Å². The van der Waals surface area contributed by atoms with Crippen molar-refractivity contribution in [2.24, 2.45) is 7.05 Å². The summed E-state index contributed by atoms with van der Waals surface area (Å²) >= 11 is 0. The molecule has 0 atom stereocenters. The number of aryl methyl sites for hydroxylation is 1. The van der Waals surface area contributed by atoms with Gasteiger partial charge >= 0.3 is 5.69 Å². The molecule has 0 amide bonds. The fraction of sp³-hybridized carbons (Fsp3) is 0.364. The molecule has 0 spiro atoms. The van der Waals surface area contributed by atoms with Crippen molar-refractivity contribution in [3.8, 4) is 17.1 Å². The van der Waals surface area contributed by atoms with Crippen LogP contribution in [-0.4, -0.2) is 31.2 Å². The molecule has 0 aliphatic heterocycles. The topological polar surface area (TPSA) is 74.8 Å². The van der Waals surface area contributed by atoms with Crippen LogP contribution >= 0.6 is 0 Å².